The van der Waals surface area contributed by atoms with Gasteiger partial charge in [-0.05, 0) is 36.0 Å². The maximum absolute atomic E-state index is 12.1. The largest absolute Gasteiger partial charge is 0.356 e. The van der Waals surface area contributed by atoms with E-state index in [-0.39, 0.29) is 17.9 Å². The second-order valence-electron chi connectivity index (χ2n) is 7.36. The summed E-state index contributed by atoms with van der Waals surface area (Å²) in [5.41, 5.74) is 6.64. The molecule has 0 aromatic heterocycles. The monoisotopic (exact) mass is 252 g/mol. The highest BCUT2D eigenvalue weighted by Crippen LogP contribution is 2.67. The first kappa shape index (κ1) is 13.9. The molecule has 2 atom stereocenters. The Morgan fingerprint density at radius 3 is 2.33 bits per heavy atom. The van der Waals surface area contributed by atoms with E-state index in [2.05, 4.69) is 33.0 Å². The van der Waals surface area contributed by atoms with Gasteiger partial charge in [0.15, 0.2) is 0 Å². The van der Waals surface area contributed by atoms with Gasteiger partial charge in [-0.3, -0.25) is 4.79 Å². The SMILES string of the molecule is CC1(C)C(CNC(=O)C2CCCC(N)C2)C1(C)C. The molecule has 0 saturated heterocycles. The first-order chi connectivity index (χ1) is 8.26. The summed E-state index contributed by atoms with van der Waals surface area (Å²) in [6.07, 6.45) is 4.05. The zero-order valence-electron chi connectivity index (χ0n) is 12.3. The zero-order chi connectivity index (χ0) is 13.6. The molecular weight excluding hydrogens is 224 g/mol. The van der Waals surface area contributed by atoms with Crippen molar-refractivity contribution >= 4 is 5.91 Å². The van der Waals surface area contributed by atoms with Gasteiger partial charge in [0.1, 0.15) is 0 Å². The molecule has 2 fully saturated rings. The highest BCUT2D eigenvalue weighted by atomic mass is 16.1. The fourth-order valence-electron chi connectivity index (χ4n) is 3.66. The molecule has 2 aliphatic carbocycles. The Balaban J connectivity index is 1.79. The van der Waals surface area contributed by atoms with Crippen LogP contribution >= 0.6 is 0 Å². The number of hydrogen-bond donors (Lipinski definition) is 2. The van der Waals surface area contributed by atoms with Crippen LogP contribution in [0.5, 0.6) is 0 Å². The van der Waals surface area contributed by atoms with Crippen molar-refractivity contribution in [3.05, 3.63) is 0 Å². The lowest BCUT2D eigenvalue weighted by Gasteiger charge is -2.25. The molecule has 2 aliphatic rings. The molecule has 0 aromatic carbocycles. The summed E-state index contributed by atoms with van der Waals surface area (Å²) >= 11 is 0. The summed E-state index contributed by atoms with van der Waals surface area (Å²) in [5, 5.41) is 3.15. The zero-order valence-corrected chi connectivity index (χ0v) is 12.3. The van der Waals surface area contributed by atoms with E-state index in [0.29, 0.717) is 16.7 Å². The molecule has 104 valence electrons. The number of amides is 1. The Morgan fingerprint density at radius 1 is 1.22 bits per heavy atom. The minimum atomic E-state index is 0.152. The van der Waals surface area contributed by atoms with Crippen molar-refractivity contribution in [3.63, 3.8) is 0 Å². The quantitative estimate of drug-likeness (QED) is 0.810. The van der Waals surface area contributed by atoms with Crippen LogP contribution in [-0.2, 0) is 4.79 Å². The molecule has 0 aliphatic heterocycles. The highest BCUT2D eigenvalue weighted by Gasteiger charge is 2.64. The Labute approximate surface area is 111 Å². The fourth-order valence-corrected chi connectivity index (χ4v) is 3.66. The van der Waals surface area contributed by atoms with Crippen molar-refractivity contribution in [2.24, 2.45) is 28.4 Å². The average Bonchev–Trinajstić information content (AvgIpc) is 2.66. The van der Waals surface area contributed by atoms with E-state index in [1.807, 2.05) is 0 Å². The summed E-state index contributed by atoms with van der Waals surface area (Å²) < 4.78 is 0. The third kappa shape index (κ3) is 2.29. The predicted octanol–water partition coefficient (Wildman–Crippen LogP) is 2.30. The Bertz CT molecular complexity index is 321. The van der Waals surface area contributed by atoms with E-state index >= 15 is 0 Å². The molecular formula is C15H28N2O. The molecule has 0 bridgehead atoms. The maximum Gasteiger partial charge on any atom is 0.223 e. The van der Waals surface area contributed by atoms with Gasteiger partial charge in [-0.15, -0.1) is 0 Å². The maximum atomic E-state index is 12.1. The van der Waals surface area contributed by atoms with Crippen molar-refractivity contribution in [2.75, 3.05) is 6.54 Å². The summed E-state index contributed by atoms with van der Waals surface area (Å²) in [7, 11) is 0. The van der Waals surface area contributed by atoms with E-state index in [9.17, 15) is 4.79 Å². The number of carbonyl (C=O) groups excluding carboxylic acids is 1. The molecule has 1 amide bonds. The molecule has 0 aromatic rings. The molecule has 0 radical (unpaired) electrons. The number of nitrogens with two attached hydrogens (primary N) is 1. The summed E-state index contributed by atoms with van der Waals surface area (Å²) in [6.45, 7) is 9.99. The Hall–Kier alpha value is -0.570. The predicted molar refractivity (Wildman–Crippen MR) is 74.0 cm³/mol. The minimum absolute atomic E-state index is 0.152. The molecule has 2 rings (SSSR count). The third-order valence-electron chi connectivity index (χ3n) is 5.89. The first-order valence-electron chi connectivity index (χ1n) is 7.30. The summed E-state index contributed by atoms with van der Waals surface area (Å²) in [4.78, 5) is 12.1. The first-order valence-corrected chi connectivity index (χ1v) is 7.30. The number of hydrogen-bond acceptors (Lipinski definition) is 2. The second-order valence-corrected chi connectivity index (χ2v) is 7.36. The van der Waals surface area contributed by atoms with Crippen LogP contribution in [0.4, 0.5) is 0 Å². The van der Waals surface area contributed by atoms with Gasteiger partial charge in [0.05, 0.1) is 0 Å². The van der Waals surface area contributed by atoms with Crippen molar-refractivity contribution in [1.82, 2.24) is 5.32 Å². The smallest absolute Gasteiger partial charge is 0.223 e. The van der Waals surface area contributed by atoms with Gasteiger partial charge >= 0.3 is 0 Å². The molecule has 3 heteroatoms. The van der Waals surface area contributed by atoms with E-state index < -0.39 is 0 Å². The van der Waals surface area contributed by atoms with Gasteiger partial charge in [0.25, 0.3) is 0 Å². The van der Waals surface area contributed by atoms with Crippen LogP contribution in [0.15, 0.2) is 0 Å². The molecule has 3 N–H and O–H groups in total. The van der Waals surface area contributed by atoms with E-state index in [1.54, 1.807) is 0 Å². The Kier molecular flexibility index (Phi) is 3.48. The second kappa shape index (κ2) is 4.52. The fraction of sp³-hybridized carbons (Fsp3) is 0.933. The number of carbonyl (C=O) groups is 1. The van der Waals surface area contributed by atoms with E-state index in [4.69, 9.17) is 5.73 Å². The van der Waals surface area contributed by atoms with Gasteiger partial charge < -0.3 is 11.1 Å². The van der Waals surface area contributed by atoms with Gasteiger partial charge in [0.2, 0.25) is 5.91 Å². The van der Waals surface area contributed by atoms with Crippen LogP contribution < -0.4 is 11.1 Å². The topological polar surface area (TPSA) is 55.1 Å². The van der Waals surface area contributed by atoms with Crippen molar-refractivity contribution < 1.29 is 4.79 Å². The number of rotatable bonds is 3. The van der Waals surface area contributed by atoms with Crippen LogP contribution in [0, 0.1) is 22.7 Å². The van der Waals surface area contributed by atoms with Crippen molar-refractivity contribution in [2.45, 2.75) is 59.4 Å². The van der Waals surface area contributed by atoms with Gasteiger partial charge in [-0.2, -0.15) is 0 Å². The standard InChI is InChI=1S/C15H28N2O/c1-14(2)12(15(14,3)4)9-17-13(18)10-6-5-7-11(16)8-10/h10-12H,5-9,16H2,1-4H3,(H,17,18). The molecule has 2 unspecified atom stereocenters. The molecule has 0 heterocycles. The summed E-state index contributed by atoms with van der Waals surface area (Å²) in [6, 6.07) is 0.225. The lowest BCUT2D eigenvalue weighted by atomic mass is 9.85. The van der Waals surface area contributed by atoms with Crippen LogP contribution in [0.3, 0.4) is 0 Å². The van der Waals surface area contributed by atoms with E-state index in [0.717, 1.165) is 32.2 Å². The van der Waals surface area contributed by atoms with Gasteiger partial charge in [-0.25, -0.2) is 0 Å². The van der Waals surface area contributed by atoms with E-state index in [1.165, 1.54) is 0 Å². The van der Waals surface area contributed by atoms with Crippen LogP contribution in [-0.4, -0.2) is 18.5 Å². The average molecular weight is 252 g/mol. The molecule has 0 spiro atoms. The lowest BCUT2D eigenvalue weighted by Crippen LogP contribution is -2.38. The van der Waals surface area contributed by atoms with Gasteiger partial charge in [-0.1, -0.05) is 34.1 Å². The van der Waals surface area contributed by atoms with Crippen molar-refractivity contribution in [1.29, 1.82) is 0 Å². The summed E-state index contributed by atoms with van der Waals surface area (Å²) in [5.74, 6) is 0.980. The van der Waals surface area contributed by atoms with Crippen LogP contribution in [0.25, 0.3) is 0 Å². The van der Waals surface area contributed by atoms with Gasteiger partial charge in [0, 0.05) is 18.5 Å². The van der Waals surface area contributed by atoms with Crippen molar-refractivity contribution in [3.8, 4) is 0 Å². The molecule has 3 nitrogen and oxygen atoms in total. The normalized spacial score (nSPS) is 34.1. The molecule has 2 saturated carbocycles. The minimum Gasteiger partial charge on any atom is -0.356 e. The third-order valence-corrected chi connectivity index (χ3v) is 5.89. The highest BCUT2D eigenvalue weighted by molar-refractivity contribution is 5.78. The lowest BCUT2D eigenvalue weighted by molar-refractivity contribution is -0.126. The van der Waals surface area contributed by atoms with Crippen LogP contribution in [0.2, 0.25) is 0 Å². The molecule has 18 heavy (non-hydrogen) atoms. The number of nitrogens with one attached hydrogen (secondary N) is 1. The Morgan fingerprint density at radius 2 is 1.83 bits per heavy atom. The van der Waals surface area contributed by atoms with Crippen LogP contribution in [0.1, 0.15) is 53.4 Å².